The minimum Gasteiger partial charge on any atom is -0.506 e. The first-order valence-electron chi connectivity index (χ1n) is 10.3. The standard InChI is InChI=1S/C25H19N3O6S/c29-24-15-10-20(16-23(24)27(35(33)34)21-11-13-22(14-12-21)28(31)32)26-25(30)19-8-6-18(7-9-19)17-4-2-1-3-5-17/h1-16,29,35H,(H,26,30). The Morgan fingerprint density at radius 1 is 0.857 bits per heavy atom. The van der Waals surface area contributed by atoms with Gasteiger partial charge in [-0.25, -0.2) is 12.7 Å². The summed E-state index contributed by atoms with van der Waals surface area (Å²) >= 11 is 0. The molecular weight excluding hydrogens is 470 g/mol. The van der Waals surface area contributed by atoms with E-state index in [0.29, 0.717) is 5.56 Å². The van der Waals surface area contributed by atoms with Crippen LogP contribution in [0.4, 0.5) is 22.7 Å². The molecule has 0 bridgehead atoms. The molecule has 0 spiro atoms. The Morgan fingerprint density at radius 3 is 2.09 bits per heavy atom. The molecule has 4 aromatic carbocycles. The summed E-state index contributed by atoms with van der Waals surface area (Å²) in [7, 11) is -3.27. The number of non-ortho nitro benzene ring substituents is 1. The van der Waals surface area contributed by atoms with Gasteiger partial charge in [-0.1, -0.05) is 42.5 Å². The molecule has 0 unspecified atom stereocenters. The van der Waals surface area contributed by atoms with Gasteiger partial charge >= 0.3 is 0 Å². The van der Waals surface area contributed by atoms with Crippen LogP contribution >= 0.6 is 0 Å². The number of nitro benzene ring substituents is 1. The zero-order chi connectivity index (χ0) is 24.9. The molecule has 0 aliphatic carbocycles. The molecule has 0 radical (unpaired) electrons. The number of phenolic OH excluding ortho intramolecular Hbond substituents is 1. The summed E-state index contributed by atoms with van der Waals surface area (Å²) in [5.41, 5.74) is 2.36. The van der Waals surface area contributed by atoms with Gasteiger partial charge in [0.05, 0.1) is 10.6 Å². The topological polar surface area (TPSA) is 130 Å². The Morgan fingerprint density at radius 2 is 1.49 bits per heavy atom. The largest absolute Gasteiger partial charge is 0.506 e. The normalized spacial score (nSPS) is 10.7. The minimum atomic E-state index is -3.27. The van der Waals surface area contributed by atoms with Gasteiger partial charge in [0.25, 0.3) is 11.6 Å². The SMILES string of the molecule is O=C(Nc1ccc(O)c(N(c2ccc([N+](=O)[O-])cc2)[SH](=O)=O)c1)c1ccc(-c2ccccc2)cc1. The molecule has 0 atom stereocenters. The Hall–Kier alpha value is -4.70. The van der Waals surface area contributed by atoms with Crippen LogP contribution < -0.4 is 9.62 Å². The van der Waals surface area contributed by atoms with E-state index in [1.54, 1.807) is 12.1 Å². The number of rotatable bonds is 7. The van der Waals surface area contributed by atoms with Crippen LogP contribution in [0.15, 0.2) is 97.1 Å². The van der Waals surface area contributed by atoms with Crippen molar-refractivity contribution in [3.8, 4) is 16.9 Å². The molecule has 4 aromatic rings. The van der Waals surface area contributed by atoms with Crippen LogP contribution in [-0.4, -0.2) is 24.4 Å². The number of hydrogen-bond acceptors (Lipinski definition) is 6. The van der Waals surface area contributed by atoms with E-state index in [9.17, 15) is 28.4 Å². The molecule has 0 saturated carbocycles. The summed E-state index contributed by atoms with van der Waals surface area (Å²) in [6.45, 7) is 0. The third-order valence-corrected chi connectivity index (χ3v) is 5.96. The second-order valence-electron chi connectivity index (χ2n) is 7.42. The van der Waals surface area contributed by atoms with Gasteiger partial charge in [-0.3, -0.25) is 14.9 Å². The lowest BCUT2D eigenvalue weighted by molar-refractivity contribution is -0.384. The Bertz CT molecular complexity index is 1450. The lowest BCUT2D eigenvalue weighted by Crippen LogP contribution is -2.16. The molecule has 10 heteroatoms. The van der Waals surface area contributed by atoms with E-state index in [2.05, 4.69) is 5.32 Å². The number of nitrogens with zero attached hydrogens (tertiary/aromatic N) is 2. The monoisotopic (exact) mass is 489 g/mol. The van der Waals surface area contributed by atoms with Crippen LogP contribution in [0.25, 0.3) is 11.1 Å². The molecule has 0 aliphatic rings. The van der Waals surface area contributed by atoms with E-state index in [1.807, 2.05) is 42.5 Å². The predicted molar refractivity (Wildman–Crippen MR) is 133 cm³/mol. The van der Waals surface area contributed by atoms with Gasteiger partial charge in [0.2, 0.25) is 10.9 Å². The highest BCUT2D eigenvalue weighted by Crippen LogP contribution is 2.36. The molecule has 0 saturated heterocycles. The van der Waals surface area contributed by atoms with E-state index < -0.39 is 21.7 Å². The fourth-order valence-corrected chi connectivity index (χ4v) is 4.11. The van der Waals surface area contributed by atoms with Gasteiger partial charge < -0.3 is 10.4 Å². The number of carbonyl (C=O) groups is 1. The van der Waals surface area contributed by atoms with Crippen LogP contribution in [-0.2, 0) is 10.9 Å². The van der Waals surface area contributed by atoms with Crippen LogP contribution in [0.2, 0.25) is 0 Å². The Kier molecular flexibility index (Phi) is 6.74. The number of nitrogens with one attached hydrogen (secondary N) is 1. The van der Waals surface area contributed by atoms with E-state index in [4.69, 9.17) is 0 Å². The third kappa shape index (κ3) is 5.28. The van der Waals surface area contributed by atoms with Crippen molar-refractivity contribution < 1.29 is 23.2 Å². The van der Waals surface area contributed by atoms with Gasteiger partial charge in [0, 0.05) is 23.4 Å². The molecule has 0 fully saturated rings. The van der Waals surface area contributed by atoms with Crippen molar-refractivity contribution in [2.75, 3.05) is 9.62 Å². The first kappa shape index (κ1) is 23.5. The highest BCUT2D eigenvalue weighted by Gasteiger charge is 2.18. The van der Waals surface area contributed by atoms with E-state index in [0.717, 1.165) is 27.6 Å². The van der Waals surface area contributed by atoms with Gasteiger partial charge in [-0.2, -0.15) is 0 Å². The first-order chi connectivity index (χ1) is 16.8. The first-order valence-corrected chi connectivity index (χ1v) is 11.5. The fourth-order valence-electron chi connectivity index (χ4n) is 3.46. The third-order valence-electron chi connectivity index (χ3n) is 5.18. The Labute approximate surface area is 202 Å². The van der Waals surface area contributed by atoms with E-state index >= 15 is 0 Å². The maximum atomic E-state index is 12.8. The molecule has 35 heavy (non-hydrogen) atoms. The Balaban J connectivity index is 1.58. The second-order valence-corrected chi connectivity index (χ2v) is 8.30. The zero-order valence-corrected chi connectivity index (χ0v) is 19.0. The molecule has 9 nitrogen and oxygen atoms in total. The van der Waals surface area contributed by atoms with Gasteiger partial charge in [0.1, 0.15) is 11.4 Å². The number of phenols is 1. The second kappa shape index (κ2) is 10.1. The van der Waals surface area contributed by atoms with Crippen molar-refractivity contribution in [2.45, 2.75) is 0 Å². The number of aromatic hydroxyl groups is 1. The average Bonchev–Trinajstić information content (AvgIpc) is 2.87. The van der Waals surface area contributed by atoms with Crippen LogP contribution in [0.1, 0.15) is 10.4 Å². The van der Waals surface area contributed by atoms with Crippen molar-refractivity contribution >= 4 is 39.5 Å². The fraction of sp³-hybridized carbons (Fsp3) is 0. The van der Waals surface area contributed by atoms with Crippen LogP contribution in [0.5, 0.6) is 5.75 Å². The molecule has 1 amide bonds. The van der Waals surface area contributed by atoms with E-state index in [-0.39, 0.29) is 28.5 Å². The molecule has 0 heterocycles. The van der Waals surface area contributed by atoms with E-state index in [1.165, 1.54) is 30.3 Å². The van der Waals surface area contributed by atoms with Crippen molar-refractivity contribution in [3.05, 3.63) is 113 Å². The van der Waals surface area contributed by atoms with Crippen molar-refractivity contribution in [2.24, 2.45) is 0 Å². The van der Waals surface area contributed by atoms with Crippen LogP contribution in [0.3, 0.4) is 0 Å². The summed E-state index contributed by atoms with van der Waals surface area (Å²) in [5, 5.41) is 23.9. The molecule has 0 aromatic heterocycles. The number of carbonyl (C=O) groups excluding carboxylic acids is 1. The zero-order valence-electron chi connectivity index (χ0n) is 18.1. The maximum absolute atomic E-state index is 12.8. The van der Waals surface area contributed by atoms with Crippen LogP contribution in [0, 0.1) is 10.1 Å². The number of nitro groups is 1. The average molecular weight is 490 g/mol. The van der Waals surface area contributed by atoms with Crippen molar-refractivity contribution in [1.29, 1.82) is 0 Å². The summed E-state index contributed by atoms with van der Waals surface area (Å²) < 4.78 is 24.8. The summed E-state index contributed by atoms with van der Waals surface area (Å²) in [6.07, 6.45) is 0. The number of amides is 1. The minimum absolute atomic E-state index is 0.0852. The summed E-state index contributed by atoms with van der Waals surface area (Å²) in [6, 6.07) is 25.5. The van der Waals surface area contributed by atoms with Gasteiger partial charge in [0.15, 0.2) is 0 Å². The molecule has 4 rings (SSSR count). The summed E-state index contributed by atoms with van der Waals surface area (Å²) in [4.78, 5) is 23.0. The predicted octanol–water partition coefficient (Wildman–Crippen LogP) is 4.88. The van der Waals surface area contributed by atoms with Crippen molar-refractivity contribution in [3.63, 3.8) is 0 Å². The number of hydrogen-bond donors (Lipinski definition) is 3. The molecule has 2 N–H and O–H groups in total. The number of thiol groups is 1. The highest BCUT2D eigenvalue weighted by molar-refractivity contribution is 7.74. The molecule has 176 valence electrons. The smallest absolute Gasteiger partial charge is 0.269 e. The molecular formula is C25H19N3O6S. The van der Waals surface area contributed by atoms with Gasteiger partial charge in [-0.15, -0.1) is 0 Å². The summed E-state index contributed by atoms with van der Waals surface area (Å²) in [5.74, 6) is -0.776. The van der Waals surface area contributed by atoms with Crippen molar-refractivity contribution in [1.82, 2.24) is 0 Å². The maximum Gasteiger partial charge on any atom is 0.269 e. The lowest BCUT2D eigenvalue weighted by Gasteiger charge is -2.20. The lowest BCUT2D eigenvalue weighted by atomic mass is 10.0. The molecule has 0 aliphatic heterocycles. The number of benzene rings is 4. The van der Waals surface area contributed by atoms with Gasteiger partial charge in [-0.05, 0) is 53.6 Å². The number of anilines is 3. The highest BCUT2D eigenvalue weighted by atomic mass is 32.2. The quantitative estimate of drug-likeness (QED) is 0.147.